The number of carbonyl (C=O) groups is 2. The molecule has 0 spiro atoms. The van der Waals surface area contributed by atoms with Crippen LogP contribution < -0.4 is 5.32 Å². The first-order valence-electron chi connectivity index (χ1n) is 6.74. The molecule has 0 atom stereocenters. The molecule has 1 heterocycles. The van der Waals surface area contributed by atoms with Crippen LogP contribution in [0.2, 0.25) is 5.02 Å². The van der Waals surface area contributed by atoms with Crippen LogP contribution >= 0.6 is 22.9 Å². The Labute approximate surface area is 143 Å². The first-order chi connectivity index (χ1) is 11.0. The van der Waals surface area contributed by atoms with Gasteiger partial charge in [-0.25, -0.2) is 4.79 Å². The number of thiophene rings is 1. The summed E-state index contributed by atoms with van der Waals surface area (Å²) in [6, 6.07) is 7.18. The van der Waals surface area contributed by atoms with Gasteiger partial charge >= 0.3 is 5.97 Å². The standard InChI is InChI=1S/C16H16ClNO4S/c1-9-13(10-5-4-6-11(17)7-10)14(16(20)22-3)15(23-9)18-12(19)8-21-2/h4-7H,8H2,1-3H3,(H,18,19). The molecule has 0 aliphatic heterocycles. The SMILES string of the molecule is COCC(=O)Nc1sc(C)c(-c2cccc(Cl)c2)c1C(=O)OC. The van der Waals surface area contributed by atoms with Crippen LogP contribution in [-0.4, -0.2) is 32.7 Å². The van der Waals surface area contributed by atoms with Gasteiger partial charge in [-0.2, -0.15) is 0 Å². The van der Waals surface area contributed by atoms with Crippen molar-refractivity contribution in [2.24, 2.45) is 0 Å². The highest BCUT2D eigenvalue weighted by Crippen LogP contribution is 2.40. The quantitative estimate of drug-likeness (QED) is 0.831. The number of hydrogen-bond acceptors (Lipinski definition) is 5. The van der Waals surface area contributed by atoms with Gasteiger partial charge in [-0.3, -0.25) is 4.79 Å². The van der Waals surface area contributed by atoms with Gasteiger partial charge in [-0.1, -0.05) is 23.7 Å². The molecule has 0 aliphatic carbocycles. The number of rotatable bonds is 5. The summed E-state index contributed by atoms with van der Waals surface area (Å²) in [6.45, 7) is 1.78. The number of halogens is 1. The van der Waals surface area contributed by atoms with Gasteiger partial charge in [0.15, 0.2) is 0 Å². The minimum absolute atomic E-state index is 0.0932. The summed E-state index contributed by atoms with van der Waals surface area (Å²) in [6.07, 6.45) is 0. The number of aryl methyl sites for hydroxylation is 1. The maximum Gasteiger partial charge on any atom is 0.341 e. The third-order valence-corrected chi connectivity index (χ3v) is 4.37. The Morgan fingerprint density at radius 3 is 2.65 bits per heavy atom. The lowest BCUT2D eigenvalue weighted by molar-refractivity contribution is -0.119. The van der Waals surface area contributed by atoms with Gasteiger partial charge in [0.25, 0.3) is 5.91 Å². The second-order valence-corrected chi connectivity index (χ2v) is 6.38. The summed E-state index contributed by atoms with van der Waals surface area (Å²) in [5.74, 6) is -0.853. The summed E-state index contributed by atoms with van der Waals surface area (Å²) in [4.78, 5) is 24.9. The van der Waals surface area contributed by atoms with Crippen LogP contribution in [-0.2, 0) is 14.3 Å². The Kier molecular flexibility index (Phi) is 5.76. The lowest BCUT2D eigenvalue weighted by atomic mass is 10.0. The highest BCUT2D eigenvalue weighted by molar-refractivity contribution is 7.17. The number of nitrogens with one attached hydrogen (secondary N) is 1. The highest BCUT2D eigenvalue weighted by atomic mass is 35.5. The van der Waals surface area contributed by atoms with Crippen LogP contribution in [0.3, 0.4) is 0 Å². The van der Waals surface area contributed by atoms with Gasteiger partial charge in [0, 0.05) is 22.6 Å². The molecule has 5 nitrogen and oxygen atoms in total. The van der Waals surface area contributed by atoms with Crippen molar-refractivity contribution in [1.29, 1.82) is 0 Å². The highest BCUT2D eigenvalue weighted by Gasteiger charge is 2.25. The number of hydrogen-bond donors (Lipinski definition) is 1. The van der Waals surface area contributed by atoms with Gasteiger partial charge in [-0.15, -0.1) is 11.3 Å². The molecule has 122 valence electrons. The van der Waals surface area contributed by atoms with Gasteiger partial charge in [-0.05, 0) is 24.6 Å². The topological polar surface area (TPSA) is 64.6 Å². The molecule has 2 rings (SSSR count). The van der Waals surface area contributed by atoms with Crippen LogP contribution in [0.4, 0.5) is 5.00 Å². The third-order valence-electron chi connectivity index (χ3n) is 3.12. The lowest BCUT2D eigenvalue weighted by Gasteiger charge is -2.08. The fraction of sp³-hybridized carbons (Fsp3) is 0.250. The zero-order valence-corrected chi connectivity index (χ0v) is 14.5. The van der Waals surface area contributed by atoms with Gasteiger partial charge in [0.2, 0.25) is 0 Å². The van der Waals surface area contributed by atoms with Crippen molar-refractivity contribution < 1.29 is 19.1 Å². The summed E-state index contributed by atoms with van der Waals surface area (Å²) in [5, 5.41) is 3.69. The molecule has 1 N–H and O–H groups in total. The van der Waals surface area contributed by atoms with E-state index in [1.807, 2.05) is 13.0 Å². The van der Waals surface area contributed by atoms with E-state index >= 15 is 0 Å². The number of benzene rings is 1. The van der Waals surface area contributed by atoms with Crippen molar-refractivity contribution in [1.82, 2.24) is 0 Å². The van der Waals surface area contributed by atoms with Crippen LogP contribution in [0, 0.1) is 6.92 Å². The number of anilines is 1. The van der Waals surface area contributed by atoms with Crippen molar-refractivity contribution in [2.75, 3.05) is 26.1 Å². The average Bonchev–Trinajstić information content (AvgIpc) is 2.82. The van der Waals surface area contributed by atoms with E-state index in [1.165, 1.54) is 25.6 Å². The predicted octanol–water partition coefficient (Wildman–Crippen LogP) is 3.75. The molecule has 1 aromatic heterocycles. The molecule has 7 heteroatoms. The number of amides is 1. The van der Waals surface area contributed by atoms with Crippen molar-refractivity contribution in [2.45, 2.75) is 6.92 Å². The maximum atomic E-state index is 12.2. The van der Waals surface area contributed by atoms with Crippen molar-refractivity contribution in [3.8, 4) is 11.1 Å². The fourth-order valence-electron chi connectivity index (χ4n) is 2.21. The predicted molar refractivity (Wildman–Crippen MR) is 91.3 cm³/mol. The Morgan fingerprint density at radius 2 is 2.04 bits per heavy atom. The molecule has 0 aliphatic rings. The molecule has 2 aromatic rings. The molecular formula is C16H16ClNO4S. The number of ether oxygens (including phenoxy) is 2. The Morgan fingerprint density at radius 1 is 1.30 bits per heavy atom. The molecule has 1 amide bonds. The maximum absolute atomic E-state index is 12.2. The molecule has 0 fully saturated rings. The van der Waals surface area contributed by atoms with Gasteiger partial charge in [0.05, 0.1) is 7.11 Å². The average molecular weight is 354 g/mol. The summed E-state index contributed by atoms with van der Waals surface area (Å²) >= 11 is 7.35. The molecular weight excluding hydrogens is 338 g/mol. The van der Waals surface area contributed by atoms with Crippen molar-refractivity contribution in [3.05, 3.63) is 39.7 Å². The monoisotopic (exact) mass is 353 g/mol. The minimum Gasteiger partial charge on any atom is -0.465 e. The Hall–Kier alpha value is -1.89. The van der Waals surface area contributed by atoms with E-state index in [4.69, 9.17) is 21.1 Å². The zero-order chi connectivity index (χ0) is 17.0. The first-order valence-corrected chi connectivity index (χ1v) is 7.93. The zero-order valence-electron chi connectivity index (χ0n) is 12.9. The summed E-state index contributed by atoms with van der Waals surface area (Å²) in [5.41, 5.74) is 1.82. The van der Waals surface area contributed by atoms with E-state index in [2.05, 4.69) is 5.32 Å². The summed E-state index contributed by atoms with van der Waals surface area (Å²) in [7, 11) is 2.73. The van der Waals surface area contributed by atoms with E-state index in [0.29, 0.717) is 21.2 Å². The molecule has 0 saturated carbocycles. The van der Waals surface area contributed by atoms with Crippen molar-refractivity contribution in [3.63, 3.8) is 0 Å². The number of esters is 1. The molecule has 0 bridgehead atoms. The van der Waals surface area contributed by atoms with E-state index in [0.717, 1.165) is 10.4 Å². The second kappa shape index (κ2) is 7.59. The smallest absolute Gasteiger partial charge is 0.341 e. The van der Waals surface area contributed by atoms with Crippen LogP contribution in [0.25, 0.3) is 11.1 Å². The van der Waals surface area contributed by atoms with Crippen LogP contribution in [0.1, 0.15) is 15.2 Å². The second-order valence-electron chi connectivity index (χ2n) is 4.72. The Bertz CT molecular complexity index is 742. The number of methoxy groups -OCH3 is 2. The fourth-order valence-corrected chi connectivity index (χ4v) is 3.49. The molecule has 0 unspecified atom stereocenters. The van der Waals surface area contributed by atoms with Crippen LogP contribution in [0.5, 0.6) is 0 Å². The largest absolute Gasteiger partial charge is 0.465 e. The van der Waals surface area contributed by atoms with E-state index in [1.54, 1.807) is 18.2 Å². The molecule has 0 saturated heterocycles. The minimum atomic E-state index is -0.517. The third kappa shape index (κ3) is 3.90. The van der Waals surface area contributed by atoms with E-state index in [9.17, 15) is 9.59 Å². The lowest BCUT2D eigenvalue weighted by Crippen LogP contribution is -2.18. The number of carbonyl (C=O) groups excluding carboxylic acids is 2. The van der Waals surface area contributed by atoms with E-state index in [-0.39, 0.29) is 12.5 Å². The van der Waals surface area contributed by atoms with E-state index < -0.39 is 5.97 Å². The molecule has 1 aromatic carbocycles. The normalized spacial score (nSPS) is 10.4. The molecule has 23 heavy (non-hydrogen) atoms. The van der Waals surface area contributed by atoms with Gasteiger partial charge < -0.3 is 14.8 Å². The van der Waals surface area contributed by atoms with Crippen LogP contribution in [0.15, 0.2) is 24.3 Å². The molecule has 0 radical (unpaired) electrons. The first kappa shape index (κ1) is 17.5. The summed E-state index contributed by atoms with van der Waals surface area (Å²) < 4.78 is 9.68. The van der Waals surface area contributed by atoms with Crippen molar-refractivity contribution >= 4 is 39.8 Å². The Balaban J connectivity index is 2.56. The van der Waals surface area contributed by atoms with Gasteiger partial charge in [0.1, 0.15) is 17.2 Å².